The number of guanidine groups is 1. The molecule has 0 bridgehead atoms. The second-order valence-electron chi connectivity index (χ2n) is 7.22. The maximum Gasteiger partial charge on any atom is 0.252 e. The third-order valence-electron chi connectivity index (χ3n) is 5.02. The van der Waals surface area contributed by atoms with Crippen molar-refractivity contribution in [2.24, 2.45) is 4.99 Å². The molecule has 2 heterocycles. The number of likely N-dealkylation sites (tertiary alicyclic amines) is 1. The number of hydrogen-bond donors (Lipinski definition) is 2. The molecule has 0 aromatic carbocycles. The van der Waals surface area contributed by atoms with Gasteiger partial charge >= 0.3 is 0 Å². The Morgan fingerprint density at radius 1 is 1.29 bits per heavy atom. The van der Waals surface area contributed by atoms with Gasteiger partial charge in [-0.2, -0.15) is 0 Å². The molecule has 1 saturated heterocycles. The summed E-state index contributed by atoms with van der Waals surface area (Å²) in [5, 5.41) is 6.68. The van der Waals surface area contributed by atoms with E-state index >= 15 is 0 Å². The first kappa shape index (κ1) is 23.1. The number of piperidine rings is 1. The molecule has 0 aliphatic carbocycles. The van der Waals surface area contributed by atoms with Gasteiger partial charge in [0.1, 0.15) is 4.21 Å². The largest absolute Gasteiger partial charge is 0.357 e. The van der Waals surface area contributed by atoms with E-state index in [-0.39, 0.29) is 0 Å². The van der Waals surface area contributed by atoms with Crippen molar-refractivity contribution in [3.63, 3.8) is 0 Å². The highest BCUT2D eigenvalue weighted by atomic mass is 32.2. The van der Waals surface area contributed by atoms with Crippen LogP contribution in [0.25, 0.3) is 0 Å². The van der Waals surface area contributed by atoms with Crippen LogP contribution in [0.2, 0.25) is 0 Å². The van der Waals surface area contributed by atoms with Crippen LogP contribution in [0.3, 0.4) is 0 Å². The molecule has 1 aromatic rings. The predicted octanol–water partition coefficient (Wildman–Crippen LogP) is 2.32. The molecular weight excluding hydrogens is 394 g/mol. The summed E-state index contributed by atoms with van der Waals surface area (Å²) in [5.41, 5.74) is 0. The van der Waals surface area contributed by atoms with Gasteiger partial charge < -0.3 is 10.6 Å². The smallest absolute Gasteiger partial charge is 0.252 e. The van der Waals surface area contributed by atoms with Gasteiger partial charge in [-0.15, -0.1) is 11.3 Å². The normalized spacial score (nSPS) is 19.2. The summed E-state index contributed by atoms with van der Waals surface area (Å²) in [6.07, 6.45) is 5.16. The monoisotopic (exact) mass is 429 g/mol. The topological polar surface area (TPSA) is 77.0 Å². The van der Waals surface area contributed by atoms with Crippen LogP contribution >= 0.6 is 11.3 Å². The lowest BCUT2D eigenvalue weighted by atomic mass is 10.0. The van der Waals surface area contributed by atoms with Crippen molar-refractivity contribution < 1.29 is 8.42 Å². The van der Waals surface area contributed by atoms with Crippen LogP contribution in [-0.2, 0) is 16.6 Å². The van der Waals surface area contributed by atoms with Crippen molar-refractivity contribution in [2.45, 2.75) is 56.3 Å². The van der Waals surface area contributed by atoms with Gasteiger partial charge in [-0.25, -0.2) is 17.7 Å². The first-order chi connectivity index (χ1) is 13.4. The molecule has 2 rings (SSSR count). The summed E-state index contributed by atoms with van der Waals surface area (Å²) >= 11 is 1.28. The van der Waals surface area contributed by atoms with Gasteiger partial charge in [-0.05, 0) is 44.9 Å². The Balaban J connectivity index is 1.91. The van der Waals surface area contributed by atoms with E-state index in [1.807, 2.05) is 13.0 Å². The molecule has 9 heteroatoms. The summed E-state index contributed by atoms with van der Waals surface area (Å²) in [6.45, 7) is 8.63. The van der Waals surface area contributed by atoms with Crippen LogP contribution < -0.4 is 10.6 Å². The minimum Gasteiger partial charge on any atom is -0.357 e. The highest BCUT2D eigenvalue weighted by Gasteiger charge is 2.20. The van der Waals surface area contributed by atoms with E-state index in [0.29, 0.717) is 16.8 Å². The van der Waals surface area contributed by atoms with E-state index in [0.717, 1.165) is 30.5 Å². The van der Waals surface area contributed by atoms with Crippen molar-refractivity contribution in [1.29, 1.82) is 0 Å². The zero-order valence-electron chi connectivity index (χ0n) is 17.6. The third-order valence-corrected chi connectivity index (χ3v) is 8.37. The zero-order chi connectivity index (χ0) is 20.6. The standard InChI is InChI=1S/C19H35N5O2S2/c1-5-16-9-7-8-13-24(16)14-12-21-19(20-6-2)22-15-17-10-11-18(27-17)28(25,26)23(3)4/h10-11,16H,5-9,12-15H2,1-4H3,(H2,20,21,22). The number of thiophene rings is 1. The molecule has 160 valence electrons. The number of sulfonamides is 1. The minimum absolute atomic E-state index is 0.358. The van der Waals surface area contributed by atoms with Gasteiger partial charge in [-0.1, -0.05) is 13.3 Å². The average molecular weight is 430 g/mol. The van der Waals surface area contributed by atoms with Gasteiger partial charge in [-0.3, -0.25) is 4.90 Å². The van der Waals surface area contributed by atoms with E-state index in [1.165, 1.54) is 47.9 Å². The Kier molecular flexibility index (Phi) is 9.20. The van der Waals surface area contributed by atoms with E-state index < -0.39 is 10.0 Å². The van der Waals surface area contributed by atoms with Gasteiger partial charge in [0.25, 0.3) is 10.0 Å². The molecule has 2 N–H and O–H groups in total. The maximum absolute atomic E-state index is 12.2. The minimum atomic E-state index is -3.37. The molecule has 0 spiro atoms. The molecule has 1 unspecified atom stereocenters. The van der Waals surface area contributed by atoms with E-state index in [2.05, 4.69) is 27.4 Å². The lowest BCUT2D eigenvalue weighted by Crippen LogP contribution is -2.45. The Morgan fingerprint density at radius 2 is 2.07 bits per heavy atom. The van der Waals surface area contributed by atoms with Gasteiger partial charge in [0, 0.05) is 44.6 Å². The van der Waals surface area contributed by atoms with Gasteiger partial charge in [0.15, 0.2) is 5.96 Å². The first-order valence-electron chi connectivity index (χ1n) is 10.2. The van der Waals surface area contributed by atoms with E-state index in [4.69, 9.17) is 0 Å². The molecule has 1 aliphatic rings. The first-order valence-corrected chi connectivity index (χ1v) is 12.4. The summed E-state index contributed by atoms with van der Waals surface area (Å²) in [7, 11) is -0.278. The Hall–Kier alpha value is -1.16. The molecular formula is C19H35N5O2S2. The molecule has 1 fully saturated rings. The van der Waals surface area contributed by atoms with Crippen molar-refractivity contribution in [3.05, 3.63) is 17.0 Å². The molecule has 7 nitrogen and oxygen atoms in total. The van der Waals surface area contributed by atoms with Crippen LogP contribution in [0, 0.1) is 0 Å². The third kappa shape index (κ3) is 6.43. The average Bonchev–Trinajstić information content (AvgIpc) is 3.16. The van der Waals surface area contributed by atoms with Crippen molar-refractivity contribution in [3.8, 4) is 0 Å². The van der Waals surface area contributed by atoms with Crippen molar-refractivity contribution in [2.75, 3.05) is 40.3 Å². The summed E-state index contributed by atoms with van der Waals surface area (Å²) in [5.74, 6) is 0.776. The molecule has 28 heavy (non-hydrogen) atoms. The van der Waals surface area contributed by atoms with Crippen LogP contribution in [0.4, 0.5) is 0 Å². The SMILES string of the molecule is CCNC(=NCc1ccc(S(=O)(=O)N(C)C)s1)NCCN1CCCCC1CC. The molecule has 0 radical (unpaired) electrons. The zero-order valence-corrected chi connectivity index (χ0v) is 19.2. The predicted molar refractivity (Wildman–Crippen MR) is 118 cm³/mol. The fourth-order valence-corrected chi connectivity index (χ4v) is 5.84. The summed E-state index contributed by atoms with van der Waals surface area (Å²) < 4.78 is 26.0. The Morgan fingerprint density at radius 3 is 2.75 bits per heavy atom. The van der Waals surface area contributed by atoms with Crippen LogP contribution in [0.5, 0.6) is 0 Å². The van der Waals surface area contributed by atoms with E-state index in [9.17, 15) is 8.42 Å². The quantitative estimate of drug-likeness (QED) is 0.465. The molecule has 0 saturated carbocycles. The summed E-state index contributed by atoms with van der Waals surface area (Å²) in [4.78, 5) is 8.14. The fraction of sp³-hybridized carbons (Fsp3) is 0.737. The Labute approximate surface area is 174 Å². The molecule has 0 amide bonds. The molecule has 1 aliphatic heterocycles. The second-order valence-corrected chi connectivity index (χ2v) is 10.8. The number of aliphatic imine (C=N–C) groups is 1. The van der Waals surface area contributed by atoms with Crippen LogP contribution in [0.15, 0.2) is 21.3 Å². The van der Waals surface area contributed by atoms with Crippen molar-refractivity contribution in [1.82, 2.24) is 19.8 Å². The van der Waals surface area contributed by atoms with Gasteiger partial charge in [0.05, 0.1) is 6.54 Å². The van der Waals surface area contributed by atoms with Crippen LogP contribution in [0.1, 0.15) is 44.4 Å². The maximum atomic E-state index is 12.2. The number of nitrogens with one attached hydrogen (secondary N) is 2. The summed E-state index contributed by atoms with van der Waals surface area (Å²) in [6, 6.07) is 4.21. The van der Waals surface area contributed by atoms with E-state index in [1.54, 1.807) is 20.2 Å². The lowest BCUT2D eigenvalue weighted by molar-refractivity contribution is 0.147. The highest BCUT2D eigenvalue weighted by Crippen LogP contribution is 2.24. The van der Waals surface area contributed by atoms with Crippen molar-refractivity contribution >= 4 is 27.3 Å². The second kappa shape index (κ2) is 11.1. The van der Waals surface area contributed by atoms with Crippen LogP contribution in [-0.4, -0.2) is 69.9 Å². The highest BCUT2D eigenvalue weighted by molar-refractivity contribution is 7.91. The molecule has 1 atom stereocenters. The number of nitrogens with zero attached hydrogens (tertiary/aromatic N) is 3. The van der Waals surface area contributed by atoms with Gasteiger partial charge in [0.2, 0.25) is 0 Å². The molecule has 1 aromatic heterocycles. The number of hydrogen-bond acceptors (Lipinski definition) is 5. The fourth-order valence-electron chi connectivity index (χ4n) is 3.40. The number of rotatable bonds is 9. The lowest BCUT2D eigenvalue weighted by Gasteiger charge is -2.35. The Bertz CT molecular complexity index is 730.